The molecule has 0 radical (unpaired) electrons. The van der Waals surface area contributed by atoms with Crippen LogP contribution in [0.1, 0.15) is 43.5 Å². The van der Waals surface area contributed by atoms with Gasteiger partial charge in [-0.3, -0.25) is 4.79 Å². The number of methoxy groups -OCH3 is 1. The van der Waals surface area contributed by atoms with Crippen LogP contribution in [0, 0.1) is 0 Å². The van der Waals surface area contributed by atoms with E-state index in [4.69, 9.17) is 9.47 Å². The van der Waals surface area contributed by atoms with Crippen LogP contribution in [0.3, 0.4) is 0 Å². The third-order valence-electron chi connectivity index (χ3n) is 5.19. The van der Waals surface area contributed by atoms with Crippen LogP contribution in [0.25, 0.3) is 0 Å². The van der Waals surface area contributed by atoms with Crippen molar-refractivity contribution in [2.75, 3.05) is 25.6 Å². The van der Waals surface area contributed by atoms with E-state index in [0.717, 1.165) is 19.3 Å². The van der Waals surface area contributed by atoms with Crippen LogP contribution in [0.4, 0.5) is 5.69 Å². The molecule has 0 aromatic heterocycles. The molecule has 0 saturated carbocycles. The number of hydrogen-bond donors (Lipinski definition) is 1. The lowest BCUT2D eigenvalue weighted by atomic mass is 10.1. The number of hydrogen-bond acceptors (Lipinski definition) is 5. The van der Waals surface area contributed by atoms with E-state index >= 15 is 0 Å². The first-order valence-electron chi connectivity index (χ1n) is 10.1. The van der Waals surface area contributed by atoms with E-state index in [2.05, 4.69) is 5.32 Å². The lowest BCUT2D eigenvalue weighted by Gasteiger charge is -2.32. The molecule has 0 bridgehead atoms. The van der Waals surface area contributed by atoms with Gasteiger partial charge in [0.2, 0.25) is 10.0 Å². The zero-order valence-corrected chi connectivity index (χ0v) is 18.4. The van der Waals surface area contributed by atoms with Crippen LogP contribution >= 0.6 is 0 Å². The second-order valence-corrected chi connectivity index (χ2v) is 9.07. The predicted molar refractivity (Wildman–Crippen MR) is 116 cm³/mol. The van der Waals surface area contributed by atoms with Gasteiger partial charge < -0.3 is 14.8 Å². The van der Waals surface area contributed by atoms with Crippen molar-refractivity contribution >= 4 is 21.6 Å². The molecule has 1 aliphatic heterocycles. The van der Waals surface area contributed by atoms with Crippen LogP contribution in [-0.2, 0) is 10.0 Å². The Bertz CT molecular complexity index is 1010. The van der Waals surface area contributed by atoms with E-state index in [9.17, 15) is 13.2 Å². The number of rotatable bonds is 7. The first-order valence-corrected chi connectivity index (χ1v) is 11.6. The molecule has 2 aromatic rings. The number of carbonyl (C=O) groups is 1. The molecule has 1 aliphatic rings. The van der Waals surface area contributed by atoms with E-state index in [-0.39, 0.29) is 22.3 Å². The Morgan fingerprint density at radius 2 is 1.93 bits per heavy atom. The molecule has 1 heterocycles. The van der Waals surface area contributed by atoms with Crippen molar-refractivity contribution in [3.8, 4) is 11.5 Å². The normalized spacial score (nSPS) is 17.4. The summed E-state index contributed by atoms with van der Waals surface area (Å²) in [5.74, 6) is 0.351. The molecule has 0 spiro atoms. The smallest absolute Gasteiger partial charge is 0.255 e. The fraction of sp³-hybridized carbons (Fsp3) is 0.409. The maximum absolute atomic E-state index is 13.3. The van der Waals surface area contributed by atoms with Gasteiger partial charge in [0, 0.05) is 18.2 Å². The van der Waals surface area contributed by atoms with Crippen molar-refractivity contribution in [3.63, 3.8) is 0 Å². The number of carbonyl (C=O) groups excluding carboxylic acids is 1. The number of amides is 1. The maximum atomic E-state index is 13.3. The summed E-state index contributed by atoms with van der Waals surface area (Å²) in [7, 11) is -2.37. The fourth-order valence-corrected chi connectivity index (χ4v) is 5.50. The Kier molecular flexibility index (Phi) is 6.99. The molecule has 1 N–H and O–H groups in total. The monoisotopic (exact) mass is 432 g/mol. The first kappa shape index (κ1) is 22.1. The third-order valence-corrected chi connectivity index (χ3v) is 7.22. The van der Waals surface area contributed by atoms with E-state index < -0.39 is 15.9 Å². The highest BCUT2D eigenvalue weighted by atomic mass is 32.2. The van der Waals surface area contributed by atoms with Gasteiger partial charge >= 0.3 is 0 Å². The molecule has 1 atom stereocenters. The van der Waals surface area contributed by atoms with Gasteiger partial charge in [0.05, 0.1) is 19.4 Å². The second-order valence-electron chi connectivity index (χ2n) is 7.21. The number of para-hydroxylation sites is 2. The standard InChI is InChI=1S/C22H28N2O5S/c1-4-29-19-11-6-5-10-18(19)23-22(25)17-12-13-20(28-3)21(15-17)30(26,27)24-14-8-7-9-16(24)2/h5-6,10-13,15-16H,4,7-9,14H2,1-3H3,(H,23,25)/t16-/m1/s1. The van der Waals surface area contributed by atoms with Crippen LogP contribution in [0.5, 0.6) is 11.5 Å². The highest BCUT2D eigenvalue weighted by Crippen LogP contribution is 2.32. The van der Waals surface area contributed by atoms with Crippen LogP contribution in [-0.4, -0.2) is 44.9 Å². The highest BCUT2D eigenvalue weighted by Gasteiger charge is 2.33. The van der Waals surface area contributed by atoms with Crippen molar-refractivity contribution in [1.82, 2.24) is 4.31 Å². The van der Waals surface area contributed by atoms with Gasteiger partial charge in [-0.05, 0) is 57.0 Å². The minimum Gasteiger partial charge on any atom is -0.495 e. The van der Waals surface area contributed by atoms with Crippen molar-refractivity contribution in [2.45, 2.75) is 44.0 Å². The van der Waals surface area contributed by atoms with Crippen LogP contribution in [0.15, 0.2) is 47.4 Å². The summed E-state index contributed by atoms with van der Waals surface area (Å²) in [4.78, 5) is 12.9. The first-order chi connectivity index (χ1) is 14.4. The van der Waals surface area contributed by atoms with Gasteiger partial charge in [-0.25, -0.2) is 8.42 Å². The van der Waals surface area contributed by atoms with E-state index in [1.165, 1.54) is 23.5 Å². The van der Waals surface area contributed by atoms with Gasteiger partial charge in [0.15, 0.2) is 0 Å². The van der Waals surface area contributed by atoms with Crippen molar-refractivity contribution in [1.29, 1.82) is 0 Å². The van der Waals surface area contributed by atoms with E-state index in [0.29, 0.717) is 24.6 Å². The van der Waals surface area contributed by atoms with E-state index in [1.54, 1.807) is 24.3 Å². The zero-order valence-electron chi connectivity index (χ0n) is 17.6. The molecule has 162 valence electrons. The highest BCUT2D eigenvalue weighted by molar-refractivity contribution is 7.89. The molecule has 1 fully saturated rings. The zero-order chi connectivity index (χ0) is 21.7. The average Bonchev–Trinajstić information content (AvgIpc) is 2.75. The minimum absolute atomic E-state index is 0.00416. The quantitative estimate of drug-likeness (QED) is 0.717. The van der Waals surface area contributed by atoms with Crippen molar-refractivity contribution in [3.05, 3.63) is 48.0 Å². The number of ether oxygens (including phenoxy) is 2. The average molecular weight is 433 g/mol. The van der Waals surface area contributed by atoms with Crippen molar-refractivity contribution in [2.24, 2.45) is 0 Å². The molecule has 8 heteroatoms. The Labute approximate surface area is 178 Å². The lowest BCUT2D eigenvalue weighted by molar-refractivity contribution is 0.102. The molecule has 0 unspecified atom stereocenters. The number of benzene rings is 2. The summed E-state index contributed by atoms with van der Waals surface area (Å²) in [6.07, 6.45) is 2.64. The Morgan fingerprint density at radius 1 is 1.17 bits per heavy atom. The molecule has 7 nitrogen and oxygen atoms in total. The Morgan fingerprint density at radius 3 is 2.63 bits per heavy atom. The molecule has 1 amide bonds. The summed E-state index contributed by atoms with van der Waals surface area (Å²) in [6, 6.07) is 11.5. The van der Waals surface area contributed by atoms with Crippen LogP contribution < -0.4 is 14.8 Å². The maximum Gasteiger partial charge on any atom is 0.255 e. The summed E-state index contributed by atoms with van der Waals surface area (Å²) >= 11 is 0. The predicted octanol–water partition coefficient (Wildman–Crippen LogP) is 3.91. The number of nitrogens with one attached hydrogen (secondary N) is 1. The topological polar surface area (TPSA) is 84.9 Å². The van der Waals surface area contributed by atoms with Gasteiger partial charge in [-0.2, -0.15) is 4.31 Å². The molecule has 30 heavy (non-hydrogen) atoms. The van der Waals surface area contributed by atoms with Gasteiger partial charge in [-0.1, -0.05) is 18.6 Å². The molecular formula is C22H28N2O5S. The largest absolute Gasteiger partial charge is 0.495 e. The van der Waals surface area contributed by atoms with Gasteiger partial charge in [0.1, 0.15) is 16.4 Å². The summed E-state index contributed by atoms with van der Waals surface area (Å²) in [5, 5.41) is 2.80. The SMILES string of the molecule is CCOc1ccccc1NC(=O)c1ccc(OC)c(S(=O)(=O)N2CCCC[C@H]2C)c1. The molecular weight excluding hydrogens is 404 g/mol. The van der Waals surface area contributed by atoms with Crippen LogP contribution in [0.2, 0.25) is 0 Å². The van der Waals surface area contributed by atoms with Gasteiger partial charge in [-0.15, -0.1) is 0 Å². The number of sulfonamides is 1. The molecule has 3 rings (SSSR count). The fourth-order valence-electron chi connectivity index (χ4n) is 3.62. The number of piperidine rings is 1. The number of nitrogens with zero attached hydrogens (tertiary/aromatic N) is 1. The molecule has 2 aromatic carbocycles. The minimum atomic E-state index is -3.80. The van der Waals surface area contributed by atoms with Gasteiger partial charge in [0.25, 0.3) is 5.91 Å². The summed E-state index contributed by atoms with van der Waals surface area (Å²) in [6.45, 7) is 4.70. The summed E-state index contributed by atoms with van der Waals surface area (Å²) < 4.78 is 39.0. The number of anilines is 1. The summed E-state index contributed by atoms with van der Waals surface area (Å²) in [5.41, 5.74) is 0.750. The third kappa shape index (κ3) is 4.60. The Hall–Kier alpha value is -2.58. The Balaban J connectivity index is 1.94. The van der Waals surface area contributed by atoms with E-state index in [1.807, 2.05) is 19.9 Å². The lowest BCUT2D eigenvalue weighted by Crippen LogP contribution is -2.42. The molecule has 1 saturated heterocycles. The second kappa shape index (κ2) is 9.49. The van der Waals surface area contributed by atoms with Crippen molar-refractivity contribution < 1.29 is 22.7 Å². The molecule has 0 aliphatic carbocycles.